The summed E-state index contributed by atoms with van der Waals surface area (Å²) in [6.45, 7) is 6.23. The minimum atomic E-state index is -3.91. The Hall–Kier alpha value is -1.98. The van der Waals surface area contributed by atoms with Crippen molar-refractivity contribution < 1.29 is 41.6 Å². The van der Waals surface area contributed by atoms with Gasteiger partial charge in [0, 0.05) is 5.56 Å². The molecular formula is C25H32ClFNO8PS. The lowest BCUT2D eigenvalue weighted by molar-refractivity contribution is -0.118. The van der Waals surface area contributed by atoms with E-state index in [9.17, 15) is 18.5 Å². The number of halogens is 2. The fraction of sp³-hybridized carbons (Fsp3) is 0.440. The van der Waals surface area contributed by atoms with Crippen molar-refractivity contribution in [3.63, 3.8) is 0 Å². The number of phosphoric acid groups is 1. The van der Waals surface area contributed by atoms with Crippen LogP contribution in [0.15, 0.2) is 48.5 Å². The molecule has 13 heteroatoms. The summed E-state index contributed by atoms with van der Waals surface area (Å²) in [6, 6.07) is 13.1. The van der Waals surface area contributed by atoms with Crippen LogP contribution in [0.5, 0.6) is 5.75 Å². The SMILES string of the molecule is CC(C)OP(=O)(OCOC(COc1ccc(CC2SC(=O)NC2=O)cc1)c1ccccc1F)OC(C)C.Cl. The fourth-order valence-electron chi connectivity index (χ4n) is 3.38. The summed E-state index contributed by atoms with van der Waals surface area (Å²) in [5, 5.41) is 1.46. The second kappa shape index (κ2) is 15.0. The topological polar surface area (TPSA) is 109 Å². The zero-order valence-electron chi connectivity index (χ0n) is 21.5. The molecule has 3 rings (SSSR count). The number of imide groups is 1. The summed E-state index contributed by atoms with van der Waals surface area (Å²) in [7, 11) is -3.91. The van der Waals surface area contributed by atoms with Crippen LogP contribution in [0.4, 0.5) is 9.18 Å². The van der Waals surface area contributed by atoms with Crippen molar-refractivity contribution >= 4 is 43.1 Å². The Morgan fingerprint density at radius 2 is 1.63 bits per heavy atom. The Morgan fingerprint density at radius 1 is 1.00 bits per heavy atom. The third kappa shape index (κ3) is 9.96. The third-order valence-electron chi connectivity index (χ3n) is 4.92. The highest BCUT2D eigenvalue weighted by molar-refractivity contribution is 8.15. The molecule has 9 nitrogen and oxygen atoms in total. The van der Waals surface area contributed by atoms with E-state index in [1.54, 1.807) is 70.2 Å². The van der Waals surface area contributed by atoms with E-state index >= 15 is 0 Å². The highest BCUT2D eigenvalue weighted by Gasteiger charge is 2.32. The molecule has 1 aliphatic rings. The van der Waals surface area contributed by atoms with Gasteiger partial charge in [-0.2, -0.15) is 0 Å². The molecule has 210 valence electrons. The summed E-state index contributed by atoms with van der Waals surface area (Å²) in [4.78, 5) is 23.1. The van der Waals surface area contributed by atoms with E-state index in [1.165, 1.54) is 6.07 Å². The zero-order valence-corrected chi connectivity index (χ0v) is 24.0. The van der Waals surface area contributed by atoms with Crippen LogP contribution < -0.4 is 10.1 Å². The summed E-state index contributed by atoms with van der Waals surface area (Å²) in [6.07, 6.45) is -1.32. The standard InChI is InChI=1S/C25H31FNO8PS.ClH/c1-16(2)34-36(30,35-17(3)4)33-15-32-22(20-7-5-6-8-21(20)26)14-31-19-11-9-18(10-12-19)13-23-24(28)27-25(29)37-23;/h5-12,16-17,22-23H,13-15H2,1-4H3,(H,27,28,29);1H. The highest BCUT2D eigenvalue weighted by atomic mass is 35.5. The fourth-order valence-corrected chi connectivity index (χ4v) is 5.63. The van der Waals surface area contributed by atoms with E-state index in [0.717, 1.165) is 17.3 Å². The largest absolute Gasteiger partial charge is 0.491 e. The van der Waals surface area contributed by atoms with Gasteiger partial charge in [0.1, 0.15) is 24.3 Å². The summed E-state index contributed by atoms with van der Waals surface area (Å²) in [5.74, 6) is -0.302. The molecule has 2 aromatic rings. The molecular weight excluding hydrogens is 560 g/mol. The average molecular weight is 592 g/mol. The van der Waals surface area contributed by atoms with Crippen LogP contribution in [0, 0.1) is 5.82 Å². The Morgan fingerprint density at radius 3 is 2.18 bits per heavy atom. The van der Waals surface area contributed by atoms with Gasteiger partial charge in [0.25, 0.3) is 5.24 Å². The molecule has 0 aliphatic carbocycles. The van der Waals surface area contributed by atoms with Crippen LogP contribution in [0.1, 0.15) is 44.9 Å². The molecule has 0 spiro atoms. The maximum Gasteiger partial charge on any atom is 0.477 e. The molecule has 0 radical (unpaired) electrons. The second-order valence-electron chi connectivity index (χ2n) is 8.72. The van der Waals surface area contributed by atoms with Crippen molar-refractivity contribution in [3.05, 3.63) is 65.5 Å². The molecule has 2 aromatic carbocycles. The first-order valence-corrected chi connectivity index (χ1v) is 14.1. The normalized spacial score (nSPS) is 16.4. The predicted octanol–water partition coefficient (Wildman–Crippen LogP) is 6.21. The Balaban J connectivity index is 0.00000507. The Kier molecular flexibility index (Phi) is 12.7. The lowest BCUT2D eigenvalue weighted by Crippen LogP contribution is -2.25. The average Bonchev–Trinajstić information content (AvgIpc) is 3.12. The number of carbonyl (C=O) groups excluding carboxylic acids is 2. The van der Waals surface area contributed by atoms with E-state index in [2.05, 4.69) is 5.32 Å². The first kappa shape index (κ1) is 32.2. The van der Waals surface area contributed by atoms with Gasteiger partial charge in [-0.15, -0.1) is 12.4 Å². The summed E-state index contributed by atoms with van der Waals surface area (Å²) < 4.78 is 55.0. The highest BCUT2D eigenvalue weighted by Crippen LogP contribution is 2.51. The van der Waals surface area contributed by atoms with Crippen molar-refractivity contribution in [1.82, 2.24) is 5.32 Å². The molecule has 1 heterocycles. The van der Waals surface area contributed by atoms with Crippen molar-refractivity contribution in [1.29, 1.82) is 0 Å². The molecule has 1 fully saturated rings. The van der Waals surface area contributed by atoms with Gasteiger partial charge < -0.3 is 9.47 Å². The maximum absolute atomic E-state index is 14.5. The van der Waals surface area contributed by atoms with Crippen molar-refractivity contribution in [2.24, 2.45) is 0 Å². The molecule has 2 unspecified atom stereocenters. The number of hydrogen-bond acceptors (Lipinski definition) is 9. The lowest BCUT2D eigenvalue weighted by atomic mass is 10.1. The van der Waals surface area contributed by atoms with Crippen LogP contribution in [-0.2, 0) is 34.1 Å². The summed E-state index contributed by atoms with van der Waals surface area (Å²) in [5.41, 5.74) is 1.09. The number of thioether (sulfide) groups is 1. The van der Waals surface area contributed by atoms with Crippen molar-refractivity contribution in [3.8, 4) is 5.75 Å². The number of phosphoric ester groups is 1. The molecule has 1 N–H and O–H groups in total. The van der Waals surface area contributed by atoms with Gasteiger partial charge >= 0.3 is 7.82 Å². The van der Waals surface area contributed by atoms with Gasteiger partial charge in [-0.05, 0) is 57.9 Å². The molecule has 38 heavy (non-hydrogen) atoms. The number of ether oxygens (including phenoxy) is 2. The minimum absolute atomic E-state index is 0. The second-order valence-corrected chi connectivity index (χ2v) is 11.5. The van der Waals surface area contributed by atoms with E-state index < -0.39 is 44.0 Å². The van der Waals surface area contributed by atoms with E-state index in [4.69, 9.17) is 23.0 Å². The molecule has 2 amide bonds. The first-order valence-electron chi connectivity index (χ1n) is 11.8. The van der Waals surface area contributed by atoms with Crippen LogP contribution in [0.2, 0.25) is 0 Å². The van der Waals surface area contributed by atoms with E-state index in [1.807, 2.05) is 0 Å². The quantitative estimate of drug-likeness (QED) is 0.202. The number of hydrogen-bond donors (Lipinski definition) is 1. The molecule has 2 atom stereocenters. The monoisotopic (exact) mass is 591 g/mol. The molecule has 1 aliphatic heterocycles. The number of benzene rings is 2. The maximum atomic E-state index is 14.5. The van der Waals surface area contributed by atoms with Crippen LogP contribution >= 0.6 is 32.0 Å². The molecule has 0 aromatic heterocycles. The molecule has 0 saturated carbocycles. The van der Waals surface area contributed by atoms with Gasteiger partial charge in [-0.3, -0.25) is 28.5 Å². The first-order chi connectivity index (χ1) is 17.5. The van der Waals surface area contributed by atoms with E-state index in [-0.39, 0.29) is 35.7 Å². The van der Waals surface area contributed by atoms with Crippen molar-refractivity contribution in [2.75, 3.05) is 13.4 Å². The number of carbonyl (C=O) groups is 2. The van der Waals surface area contributed by atoms with Gasteiger partial charge in [-0.1, -0.05) is 42.1 Å². The number of rotatable bonds is 14. The third-order valence-corrected chi connectivity index (χ3v) is 7.69. The van der Waals surface area contributed by atoms with Crippen LogP contribution in [0.25, 0.3) is 0 Å². The predicted molar refractivity (Wildman–Crippen MR) is 144 cm³/mol. The van der Waals surface area contributed by atoms with Gasteiger partial charge in [0.2, 0.25) is 5.91 Å². The smallest absolute Gasteiger partial charge is 0.477 e. The lowest BCUT2D eigenvalue weighted by Gasteiger charge is -2.24. The van der Waals surface area contributed by atoms with Gasteiger partial charge in [0.05, 0.1) is 17.5 Å². The zero-order chi connectivity index (χ0) is 27.0. The molecule has 1 saturated heterocycles. The van der Waals surface area contributed by atoms with Gasteiger partial charge in [-0.25, -0.2) is 8.96 Å². The van der Waals surface area contributed by atoms with Crippen molar-refractivity contribution in [2.45, 2.75) is 57.7 Å². The Labute approximate surface area is 232 Å². The minimum Gasteiger partial charge on any atom is -0.491 e. The number of amides is 2. The Bertz CT molecular complexity index is 1110. The summed E-state index contributed by atoms with van der Waals surface area (Å²) >= 11 is 0.969. The van der Waals surface area contributed by atoms with E-state index in [0.29, 0.717) is 12.2 Å². The van der Waals surface area contributed by atoms with Gasteiger partial charge in [0.15, 0.2) is 6.79 Å². The number of nitrogens with one attached hydrogen (secondary N) is 1. The van der Waals surface area contributed by atoms with Crippen LogP contribution in [-0.4, -0.2) is 42.0 Å². The molecule has 0 bridgehead atoms. The van der Waals surface area contributed by atoms with Crippen LogP contribution in [0.3, 0.4) is 0 Å².